The van der Waals surface area contributed by atoms with Gasteiger partial charge in [-0.1, -0.05) is 6.07 Å². The molecule has 0 aliphatic carbocycles. The van der Waals surface area contributed by atoms with E-state index in [0.717, 1.165) is 5.56 Å². The normalized spacial score (nSPS) is 11.0. The highest BCUT2D eigenvalue weighted by Gasteiger charge is 2.18. The highest BCUT2D eigenvalue weighted by molar-refractivity contribution is 5.60. The van der Waals surface area contributed by atoms with E-state index in [9.17, 15) is 8.78 Å². The fourth-order valence-electron chi connectivity index (χ4n) is 2.95. The lowest BCUT2D eigenvalue weighted by Gasteiger charge is -2.18. The summed E-state index contributed by atoms with van der Waals surface area (Å²) in [7, 11) is 5.07. The molecule has 1 N–H and O–H groups in total. The number of nitrogens with zero attached hydrogens (tertiary/aromatic N) is 2. The number of aromatic amines is 1. The molecule has 0 atom stereocenters. The summed E-state index contributed by atoms with van der Waals surface area (Å²) in [5.74, 6) is 0.225. The van der Waals surface area contributed by atoms with Gasteiger partial charge in [-0.2, -0.15) is 4.39 Å². The minimum Gasteiger partial charge on any atom is -0.497 e. The van der Waals surface area contributed by atoms with Gasteiger partial charge in [-0.25, -0.2) is 9.37 Å². The van der Waals surface area contributed by atoms with Gasteiger partial charge in [0, 0.05) is 42.7 Å². The van der Waals surface area contributed by atoms with E-state index < -0.39 is 11.8 Å². The van der Waals surface area contributed by atoms with Crippen molar-refractivity contribution in [2.75, 3.05) is 21.3 Å². The Morgan fingerprint density at radius 3 is 2.56 bits per heavy atom. The van der Waals surface area contributed by atoms with Crippen molar-refractivity contribution < 1.29 is 18.3 Å². The van der Waals surface area contributed by atoms with E-state index in [4.69, 9.17) is 9.47 Å². The first-order chi connectivity index (χ1) is 13.0. The molecular weight excluding hydrogens is 352 g/mol. The third-order valence-electron chi connectivity index (χ3n) is 4.30. The largest absolute Gasteiger partial charge is 0.497 e. The van der Waals surface area contributed by atoms with Crippen molar-refractivity contribution in [2.24, 2.45) is 0 Å². The molecule has 3 rings (SSSR count). The molecule has 0 aliphatic heterocycles. The Morgan fingerprint density at radius 1 is 1.07 bits per heavy atom. The molecule has 0 fully saturated rings. The third-order valence-corrected chi connectivity index (χ3v) is 4.30. The molecule has 0 saturated carbocycles. The Labute approximate surface area is 156 Å². The van der Waals surface area contributed by atoms with E-state index in [1.54, 1.807) is 26.5 Å². The maximum atomic E-state index is 14.7. The zero-order valence-corrected chi connectivity index (χ0v) is 15.4. The van der Waals surface area contributed by atoms with Crippen LogP contribution in [0.25, 0.3) is 11.3 Å². The number of halogens is 2. The second kappa shape index (κ2) is 8.18. The van der Waals surface area contributed by atoms with Gasteiger partial charge in [0.05, 0.1) is 25.5 Å². The smallest absolute Gasteiger partial charge is 0.222 e. The fraction of sp³-hybridized carbons (Fsp3) is 0.250. The van der Waals surface area contributed by atoms with Gasteiger partial charge < -0.3 is 14.5 Å². The fourth-order valence-corrected chi connectivity index (χ4v) is 2.95. The van der Waals surface area contributed by atoms with Crippen LogP contribution in [0.4, 0.5) is 8.78 Å². The molecule has 0 bridgehead atoms. The lowest BCUT2D eigenvalue weighted by molar-refractivity contribution is 0.305. The second-order valence-electron chi connectivity index (χ2n) is 6.19. The van der Waals surface area contributed by atoms with Gasteiger partial charge >= 0.3 is 0 Å². The monoisotopic (exact) mass is 373 g/mol. The van der Waals surface area contributed by atoms with Crippen molar-refractivity contribution in [3.63, 3.8) is 0 Å². The Hall–Kier alpha value is -2.93. The average molecular weight is 373 g/mol. The number of methoxy groups -OCH3 is 2. The number of nitrogens with one attached hydrogen (secondary N) is 1. The summed E-state index contributed by atoms with van der Waals surface area (Å²) in [5, 5.41) is 0. The van der Waals surface area contributed by atoms with Crippen molar-refractivity contribution >= 4 is 0 Å². The molecule has 3 aromatic rings. The summed E-state index contributed by atoms with van der Waals surface area (Å²) < 4.78 is 39.2. The van der Waals surface area contributed by atoms with Crippen LogP contribution in [-0.2, 0) is 13.1 Å². The predicted octanol–water partition coefficient (Wildman–Crippen LogP) is 4.00. The molecule has 0 aliphatic rings. The summed E-state index contributed by atoms with van der Waals surface area (Å²) in [5.41, 5.74) is 1.62. The number of ether oxygens (including phenoxy) is 2. The molecular formula is C20H21F2N3O2. The van der Waals surface area contributed by atoms with Crippen molar-refractivity contribution in [1.29, 1.82) is 0 Å². The zero-order valence-electron chi connectivity index (χ0n) is 15.4. The van der Waals surface area contributed by atoms with Crippen LogP contribution in [0, 0.1) is 11.8 Å². The maximum Gasteiger partial charge on any atom is 0.222 e. The Balaban J connectivity index is 1.76. The SMILES string of the molecule is COc1ccc(CN(C)Cc2c[nH]c(-c3cccnc3F)c2F)c(OC)c1. The quantitative estimate of drug-likeness (QED) is 0.636. The Kier molecular flexibility index (Phi) is 5.71. The maximum absolute atomic E-state index is 14.7. The molecule has 1 aromatic carbocycles. The first kappa shape index (κ1) is 18.8. The predicted molar refractivity (Wildman–Crippen MR) is 98.7 cm³/mol. The van der Waals surface area contributed by atoms with Crippen LogP contribution >= 0.6 is 0 Å². The Morgan fingerprint density at radius 2 is 1.85 bits per heavy atom. The first-order valence-corrected chi connectivity index (χ1v) is 8.39. The third kappa shape index (κ3) is 4.09. The summed E-state index contributed by atoms with van der Waals surface area (Å²) >= 11 is 0. The summed E-state index contributed by atoms with van der Waals surface area (Å²) in [6, 6.07) is 8.64. The number of aromatic nitrogens is 2. The second-order valence-corrected chi connectivity index (χ2v) is 6.19. The van der Waals surface area contributed by atoms with Gasteiger partial charge in [-0.3, -0.25) is 4.90 Å². The molecule has 0 saturated heterocycles. The van der Waals surface area contributed by atoms with Crippen molar-refractivity contribution in [1.82, 2.24) is 14.9 Å². The van der Waals surface area contributed by atoms with Crippen LogP contribution in [0.2, 0.25) is 0 Å². The van der Waals surface area contributed by atoms with Crippen LogP contribution in [0.3, 0.4) is 0 Å². The van der Waals surface area contributed by atoms with Crippen LogP contribution in [0.1, 0.15) is 11.1 Å². The standard InChI is InChI=1S/C20H21F2N3O2/c1-25(11-13-6-7-15(26-2)9-17(13)27-3)12-14-10-24-19(18(14)21)16-5-4-8-23-20(16)22/h4-10,24H,11-12H2,1-3H3. The molecule has 27 heavy (non-hydrogen) atoms. The molecule has 0 radical (unpaired) electrons. The molecule has 2 heterocycles. The lowest BCUT2D eigenvalue weighted by Crippen LogP contribution is -2.18. The topological polar surface area (TPSA) is 50.4 Å². The van der Waals surface area contributed by atoms with Crippen LogP contribution in [0.15, 0.2) is 42.7 Å². The van der Waals surface area contributed by atoms with E-state index in [0.29, 0.717) is 30.2 Å². The van der Waals surface area contributed by atoms with Gasteiger partial charge in [0.15, 0.2) is 5.82 Å². The number of benzene rings is 1. The van der Waals surface area contributed by atoms with E-state index in [-0.39, 0.29) is 11.3 Å². The van der Waals surface area contributed by atoms with Gasteiger partial charge in [0.25, 0.3) is 0 Å². The molecule has 142 valence electrons. The highest BCUT2D eigenvalue weighted by atomic mass is 19.1. The number of rotatable bonds is 7. The lowest BCUT2D eigenvalue weighted by atomic mass is 10.1. The van der Waals surface area contributed by atoms with Crippen LogP contribution in [0.5, 0.6) is 11.5 Å². The number of pyridine rings is 1. The molecule has 0 spiro atoms. The van der Waals surface area contributed by atoms with E-state index >= 15 is 0 Å². The molecule has 0 unspecified atom stereocenters. The summed E-state index contributed by atoms with van der Waals surface area (Å²) in [4.78, 5) is 8.33. The minimum absolute atomic E-state index is 0.103. The molecule has 7 heteroatoms. The van der Waals surface area contributed by atoms with E-state index in [2.05, 4.69) is 9.97 Å². The average Bonchev–Trinajstić information content (AvgIpc) is 3.02. The van der Waals surface area contributed by atoms with Crippen molar-refractivity contribution in [3.05, 3.63) is 65.6 Å². The van der Waals surface area contributed by atoms with Crippen LogP contribution < -0.4 is 9.47 Å². The van der Waals surface area contributed by atoms with Gasteiger partial charge in [0.2, 0.25) is 5.95 Å². The zero-order chi connectivity index (χ0) is 19.4. The highest BCUT2D eigenvalue weighted by Crippen LogP contribution is 2.28. The summed E-state index contributed by atoms with van der Waals surface area (Å²) in [6.45, 7) is 0.897. The van der Waals surface area contributed by atoms with Gasteiger partial charge in [-0.05, 0) is 25.2 Å². The number of H-pyrrole nitrogens is 1. The van der Waals surface area contributed by atoms with Crippen molar-refractivity contribution in [3.8, 4) is 22.8 Å². The van der Waals surface area contributed by atoms with Crippen molar-refractivity contribution in [2.45, 2.75) is 13.1 Å². The van der Waals surface area contributed by atoms with Gasteiger partial charge in [-0.15, -0.1) is 0 Å². The first-order valence-electron chi connectivity index (χ1n) is 8.39. The molecule has 2 aromatic heterocycles. The minimum atomic E-state index is -0.707. The Bertz CT molecular complexity index is 927. The summed E-state index contributed by atoms with van der Waals surface area (Å²) in [6.07, 6.45) is 2.88. The number of hydrogen-bond acceptors (Lipinski definition) is 4. The van der Waals surface area contributed by atoms with Crippen LogP contribution in [-0.4, -0.2) is 36.1 Å². The number of hydrogen-bond donors (Lipinski definition) is 1. The van der Waals surface area contributed by atoms with E-state index in [1.165, 1.54) is 12.3 Å². The molecule has 5 nitrogen and oxygen atoms in total. The van der Waals surface area contributed by atoms with E-state index in [1.807, 2.05) is 30.1 Å². The molecule has 0 amide bonds. The van der Waals surface area contributed by atoms with Gasteiger partial charge in [0.1, 0.15) is 11.5 Å².